The Balaban J connectivity index is 1.61. The second kappa shape index (κ2) is 7.53. The molecule has 1 aromatic carbocycles. The maximum absolute atomic E-state index is 4.54. The van der Waals surface area contributed by atoms with Gasteiger partial charge < -0.3 is 0 Å². The van der Waals surface area contributed by atoms with Crippen LogP contribution in [-0.2, 0) is 6.42 Å². The maximum atomic E-state index is 4.54. The summed E-state index contributed by atoms with van der Waals surface area (Å²) in [6.45, 7) is 0. The van der Waals surface area contributed by atoms with Crippen molar-refractivity contribution < 1.29 is 0 Å². The Morgan fingerprint density at radius 1 is 0.905 bits per heavy atom. The lowest BCUT2D eigenvalue weighted by molar-refractivity contribution is 0.626. The van der Waals surface area contributed by atoms with Crippen molar-refractivity contribution in [3.05, 3.63) is 74.9 Å². The van der Waals surface area contributed by atoms with Gasteiger partial charge in [-0.05, 0) is 36.3 Å². The molecule has 0 fully saturated rings. The van der Waals surface area contributed by atoms with E-state index in [9.17, 15) is 0 Å². The zero-order valence-electron chi connectivity index (χ0n) is 11.9. The lowest BCUT2D eigenvalue weighted by atomic mass is 9.93. The van der Waals surface area contributed by atoms with E-state index >= 15 is 0 Å². The normalized spacial score (nSPS) is 12.4. The molecule has 0 aliphatic heterocycles. The minimum absolute atomic E-state index is 0.453. The summed E-state index contributed by atoms with van der Waals surface area (Å²) in [5.41, 5.74) is 1.39. The molecule has 0 N–H and O–H groups in total. The second-order valence-electron chi connectivity index (χ2n) is 5.16. The zero-order chi connectivity index (χ0) is 14.3. The monoisotopic (exact) mass is 313 g/mol. The first-order chi connectivity index (χ1) is 10.4. The van der Waals surface area contributed by atoms with Crippen LogP contribution in [0.4, 0.5) is 0 Å². The first-order valence-corrected chi connectivity index (χ1v) is 9.16. The number of nitrogens with zero attached hydrogens (tertiary/aromatic N) is 1. The van der Waals surface area contributed by atoms with Crippen LogP contribution in [0.15, 0.2) is 59.4 Å². The molecular weight excluding hydrogens is 294 g/mol. The highest BCUT2D eigenvalue weighted by atomic mass is 32.1. The van der Waals surface area contributed by atoms with Gasteiger partial charge in [0.15, 0.2) is 0 Å². The Hall–Kier alpha value is -1.45. The van der Waals surface area contributed by atoms with Gasteiger partial charge >= 0.3 is 0 Å². The van der Waals surface area contributed by atoms with Crippen molar-refractivity contribution in [2.24, 2.45) is 0 Å². The van der Waals surface area contributed by atoms with Gasteiger partial charge in [0.1, 0.15) is 0 Å². The molecule has 0 saturated carbocycles. The van der Waals surface area contributed by atoms with Crippen LogP contribution in [0.25, 0.3) is 0 Å². The van der Waals surface area contributed by atoms with Crippen LogP contribution in [0.5, 0.6) is 0 Å². The van der Waals surface area contributed by atoms with Crippen molar-refractivity contribution in [2.75, 3.05) is 0 Å². The highest BCUT2D eigenvalue weighted by Crippen LogP contribution is 2.31. The number of hydrogen-bond donors (Lipinski definition) is 0. The van der Waals surface area contributed by atoms with Gasteiger partial charge in [-0.15, -0.1) is 22.7 Å². The average Bonchev–Trinajstić information content (AvgIpc) is 3.21. The first kappa shape index (κ1) is 14.5. The summed E-state index contributed by atoms with van der Waals surface area (Å²) < 4.78 is 0. The number of rotatable bonds is 7. The number of thiophene rings is 1. The molecule has 0 bridgehead atoms. The molecule has 2 heterocycles. The molecule has 1 nitrogen and oxygen atoms in total. The summed E-state index contributed by atoms with van der Waals surface area (Å²) in [6, 6.07) is 15.2. The third-order valence-corrected chi connectivity index (χ3v) is 5.52. The van der Waals surface area contributed by atoms with E-state index in [0.717, 1.165) is 0 Å². The van der Waals surface area contributed by atoms with Crippen molar-refractivity contribution >= 4 is 22.7 Å². The van der Waals surface area contributed by atoms with E-state index in [1.165, 1.54) is 41.1 Å². The molecule has 0 spiro atoms. The molecule has 0 aliphatic carbocycles. The second-order valence-corrected chi connectivity index (χ2v) is 7.12. The number of aryl methyl sites for hydroxylation is 1. The number of benzene rings is 1. The fourth-order valence-corrected chi connectivity index (χ4v) is 4.18. The van der Waals surface area contributed by atoms with E-state index in [1.807, 2.05) is 17.5 Å². The van der Waals surface area contributed by atoms with Crippen molar-refractivity contribution in [3.63, 3.8) is 0 Å². The van der Waals surface area contributed by atoms with Gasteiger partial charge in [-0.1, -0.05) is 42.8 Å². The fraction of sp³-hybridized carbons (Fsp3) is 0.278. The van der Waals surface area contributed by atoms with Gasteiger partial charge in [-0.3, -0.25) is 0 Å². The SMILES string of the molecule is c1ccc(C(CCCCc2cccs2)c2nccs2)cc1. The third kappa shape index (κ3) is 4.02. The Kier molecular flexibility index (Phi) is 5.19. The van der Waals surface area contributed by atoms with E-state index in [1.54, 1.807) is 11.3 Å². The molecule has 0 aliphatic rings. The Labute approximate surface area is 134 Å². The Morgan fingerprint density at radius 2 is 1.81 bits per heavy atom. The summed E-state index contributed by atoms with van der Waals surface area (Å²) >= 11 is 3.64. The third-order valence-electron chi connectivity index (χ3n) is 3.70. The van der Waals surface area contributed by atoms with Crippen LogP contribution in [0.3, 0.4) is 0 Å². The summed E-state index contributed by atoms with van der Waals surface area (Å²) in [6.07, 6.45) is 6.81. The predicted molar refractivity (Wildman–Crippen MR) is 92.3 cm³/mol. The van der Waals surface area contributed by atoms with Crippen LogP contribution in [0.1, 0.15) is 40.6 Å². The van der Waals surface area contributed by atoms with Crippen molar-refractivity contribution in [3.8, 4) is 0 Å². The van der Waals surface area contributed by atoms with Crippen molar-refractivity contribution in [2.45, 2.75) is 31.6 Å². The topological polar surface area (TPSA) is 12.9 Å². The molecule has 0 saturated heterocycles. The average molecular weight is 313 g/mol. The van der Waals surface area contributed by atoms with E-state index in [4.69, 9.17) is 0 Å². The van der Waals surface area contributed by atoms with Gasteiger partial charge in [0, 0.05) is 22.4 Å². The molecule has 3 aromatic rings. The fourth-order valence-electron chi connectivity index (χ4n) is 2.63. The minimum Gasteiger partial charge on any atom is -0.249 e. The molecule has 3 heteroatoms. The summed E-state index contributed by atoms with van der Waals surface area (Å²) in [5, 5.41) is 5.49. The highest BCUT2D eigenvalue weighted by molar-refractivity contribution is 7.10. The lowest BCUT2D eigenvalue weighted by Gasteiger charge is -2.14. The number of aromatic nitrogens is 1. The molecule has 1 atom stereocenters. The molecule has 3 rings (SSSR count). The van der Waals surface area contributed by atoms with Crippen LogP contribution < -0.4 is 0 Å². The minimum atomic E-state index is 0.453. The highest BCUT2D eigenvalue weighted by Gasteiger charge is 2.16. The van der Waals surface area contributed by atoms with E-state index in [0.29, 0.717) is 5.92 Å². The number of unbranched alkanes of at least 4 members (excludes halogenated alkanes) is 1. The van der Waals surface area contributed by atoms with Crippen LogP contribution in [0, 0.1) is 0 Å². The molecule has 0 radical (unpaired) electrons. The summed E-state index contributed by atoms with van der Waals surface area (Å²) in [5.74, 6) is 0.453. The van der Waals surface area contributed by atoms with Crippen LogP contribution >= 0.6 is 22.7 Å². The van der Waals surface area contributed by atoms with Gasteiger partial charge in [-0.2, -0.15) is 0 Å². The summed E-state index contributed by atoms with van der Waals surface area (Å²) in [7, 11) is 0. The molecule has 21 heavy (non-hydrogen) atoms. The predicted octanol–water partition coefficient (Wildman–Crippen LogP) is 5.75. The quantitative estimate of drug-likeness (QED) is 0.506. The Morgan fingerprint density at radius 3 is 2.52 bits per heavy atom. The number of thiazole rings is 1. The van der Waals surface area contributed by atoms with Gasteiger partial charge in [0.2, 0.25) is 0 Å². The molecule has 2 aromatic heterocycles. The molecule has 1 unspecified atom stereocenters. The number of hydrogen-bond acceptors (Lipinski definition) is 3. The van der Waals surface area contributed by atoms with Gasteiger partial charge in [0.25, 0.3) is 0 Å². The van der Waals surface area contributed by atoms with Crippen molar-refractivity contribution in [1.82, 2.24) is 4.98 Å². The Bertz CT molecular complexity index is 615. The molecule has 0 amide bonds. The molecular formula is C18H19NS2. The van der Waals surface area contributed by atoms with Crippen LogP contribution in [0.2, 0.25) is 0 Å². The lowest BCUT2D eigenvalue weighted by Crippen LogP contribution is -2.01. The van der Waals surface area contributed by atoms with Crippen molar-refractivity contribution in [1.29, 1.82) is 0 Å². The van der Waals surface area contributed by atoms with E-state index in [-0.39, 0.29) is 0 Å². The largest absolute Gasteiger partial charge is 0.249 e. The first-order valence-electron chi connectivity index (χ1n) is 7.40. The maximum Gasteiger partial charge on any atom is 0.0999 e. The summed E-state index contributed by atoms with van der Waals surface area (Å²) in [4.78, 5) is 6.04. The smallest absolute Gasteiger partial charge is 0.0999 e. The van der Waals surface area contributed by atoms with Gasteiger partial charge in [-0.25, -0.2) is 4.98 Å². The standard InChI is InChI=1S/C18H19NS2/c1-2-7-15(8-3-1)17(18-19-12-14-21-18)11-5-4-9-16-10-6-13-20-16/h1-3,6-8,10,12-14,17H,4-5,9,11H2. The zero-order valence-corrected chi connectivity index (χ0v) is 13.6. The van der Waals surface area contributed by atoms with Crippen LogP contribution in [-0.4, -0.2) is 4.98 Å². The van der Waals surface area contributed by atoms with Gasteiger partial charge in [0.05, 0.1) is 5.01 Å². The molecule has 108 valence electrons. The van der Waals surface area contributed by atoms with E-state index in [2.05, 4.69) is 58.2 Å². The van der Waals surface area contributed by atoms with E-state index < -0.39 is 0 Å².